The molecule has 7 heteroatoms. The number of benzene rings is 2. The number of carbonyl (C=O) groups excluding carboxylic acids is 2. The first-order valence-corrected chi connectivity index (χ1v) is 9.18. The predicted octanol–water partition coefficient (Wildman–Crippen LogP) is 4.07. The average molecular weight is 430 g/mol. The van der Waals surface area contributed by atoms with Gasteiger partial charge in [0.2, 0.25) is 0 Å². The van der Waals surface area contributed by atoms with Gasteiger partial charge < -0.3 is 20.6 Å². The molecule has 0 saturated heterocycles. The van der Waals surface area contributed by atoms with Gasteiger partial charge >= 0.3 is 6.03 Å². The topological polar surface area (TPSA) is 81.7 Å². The zero-order valence-corrected chi connectivity index (χ0v) is 16.8. The number of aromatic hydroxyl groups is 1. The van der Waals surface area contributed by atoms with Crippen molar-refractivity contribution in [3.05, 3.63) is 69.3 Å². The summed E-state index contributed by atoms with van der Waals surface area (Å²) in [6.45, 7) is 3.66. The van der Waals surface area contributed by atoms with Gasteiger partial charge in [-0.2, -0.15) is 0 Å². The van der Waals surface area contributed by atoms with Crippen LogP contribution in [0.15, 0.2) is 58.2 Å². The molecule has 140 valence electrons. The molecule has 1 aliphatic heterocycles. The Morgan fingerprint density at radius 2 is 1.96 bits per heavy atom. The summed E-state index contributed by atoms with van der Waals surface area (Å²) in [5.74, 6) is -0.337. The van der Waals surface area contributed by atoms with Crippen molar-refractivity contribution in [2.24, 2.45) is 0 Å². The van der Waals surface area contributed by atoms with E-state index < -0.39 is 6.04 Å². The normalized spacial score (nSPS) is 17.0. The zero-order valence-electron chi connectivity index (χ0n) is 15.2. The van der Waals surface area contributed by atoms with Crippen LogP contribution in [0.25, 0.3) is 0 Å². The highest BCUT2D eigenvalue weighted by Gasteiger charge is 2.35. The number of aryl methyl sites for hydroxylation is 1. The van der Waals surface area contributed by atoms with E-state index in [1.807, 2.05) is 25.1 Å². The Kier molecular flexibility index (Phi) is 5.23. The second-order valence-corrected chi connectivity index (χ2v) is 7.38. The summed E-state index contributed by atoms with van der Waals surface area (Å²) in [6.07, 6.45) is 0. The lowest BCUT2D eigenvalue weighted by atomic mass is 9.93. The number of urea groups is 1. The SMILES string of the molecule is CC1=C(C(=O)Nc2cccc(C)c2)C(c2cc(Br)ccc2O)NC(=O)N1C. The second-order valence-electron chi connectivity index (χ2n) is 6.47. The van der Waals surface area contributed by atoms with E-state index >= 15 is 0 Å². The first-order valence-electron chi connectivity index (χ1n) is 8.39. The standard InChI is InChI=1S/C20H20BrN3O3/c1-11-5-4-6-14(9-11)22-19(26)17-12(2)24(3)20(27)23-18(17)15-10-13(21)7-8-16(15)25/h4-10,18,25H,1-3H3,(H,22,26)(H,23,27). The highest BCUT2D eigenvalue weighted by molar-refractivity contribution is 9.10. The molecule has 1 aliphatic rings. The highest BCUT2D eigenvalue weighted by atomic mass is 79.9. The summed E-state index contributed by atoms with van der Waals surface area (Å²) in [5, 5.41) is 16.0. The van der Waals surface area contributed by atoms with Gasteiger partial charge in [0.1, 0.15) is 5.75 Å². The summed E-state index contributed by atoms with van der Waals surface area (Å²) < 4.78 is 0.736. The van der Waals surface area contributed by atoms with Gasteiger partial charge in [0.25, 0.3) is 5.91 Å². The molecule has 0 bridgehead atoms. The molecular formula is C20H20BrN3O3. The molecule has 3 N–H and O–H groups in total. The number of carbonyl (C=O) groups is 2. The third-order valence-electron chi connectivity index (χ3n) is 4.58. The first kappa shape index (κ1) is 19.0. The Morgan fingerprint density at radius 1 is 1.22 bits per heavy atom. The first-order chi connectivity index (χ1) is 12.8. The summed E-state index contributed by atoms with van der Waals surface area (Å²) in [6, 6.07) is 11.3. The number of anilines is 1. The number of rotatable bonds is 3. The molecule has 0 radical (unpaired) electrons. The van der Waals surface area contributed by atoms with Crippen LogP contribution < -0.4 is 10.6 Å². The fraction of sp³-hybridized carbons (Fsp3) is 0.200. The van der Waals surface area contributed by atoms with Crippen molar-refractivity contribution in [2.45, 2.75) is 19.9 Å². The van der Waals surface area contributed by atoms with Crippen molar-refractivity contribution in [1.29, 1.82) is 0 Å². The Morgan fingerprint density at radius 3 is 2.67 bits per heavy atom. The molecule has 2 aromatic rings. The fourth-order valence-electron chi connectivity index (χ4n) is 3.04. The van der Waals surface area contributed by atoms with Gasteiger partial charge in [-0.05, 0) is 49.7 Å². The number of hydrogen-bond donors (Lipinski definition) is 3. The summed E-state index contributed by atoms with van der Waals surface area (Å²) in [4.78, 5) is 26.8. The Balaban J connectivity index is 2.05. The Labute approximate surface area is 166 Å². The van der Waals surface area contributed by atoms with Crippen molar-refractivity contribution < 1.29 is 14.7 Å². The van der Waals surface area contributed by atoms with Crippen molar-refractivity contribution in [2.75, 3.05) is 12.4 Å². The molecule has 3 amide bonds. The van der Waals surface area contributed by atoms with Crippen LogP contribution in [0.1, 0.15) is 24.1 Å². The highest BCUT2D eigenvalue weighted by Crippen LogP contribution is 2.36. The molecule has 27 heavy (non-hydrogen) atoms. The molecule has 1 atom stereocenters. The summed E-state index contributed by atoms with van der Waals surface area (Å²) in [7, 11) is 1.60. The minimum atomic E-state index is -0.768. The van der Waals surface area contributed by atoms with E-state index in [4.69, 9.17) is 0 Å². The summed E-state index contributed by atoms with van der Waals surface area (Å²) >= 11 is 3.37. The molecule has 0 spiro atoms. The van der Waals surface area contributed by atoms with E-state index in [2.05, 4.69) is 26.6 Å². The van der Waals surface area contributed by atoms with Crippen molar-refractivity contribution in [3.8, 4) is 5.75 Å². The number of phenolic OH excluding ortho intramolecular Hbond substituents is 1. The number of amides is 3. The quantitative estimate of drug-likeness (QED) is 0.687. The smallest absolute Gasteiger partial charge is 0.322 e. The van der Waals surface area contributed by atoms with Crippen LogP contribution in [0.4, 0.5) is 10.5 Å². The van der Waals surface area contributed by atoms with Crippen LogP contribution in [0.5, 0.6) is 5.75 Å². The second kappa shape index (κ2) is 7.44. The van der Waals surface area contributed by atoms with Gasteiger partial charge in [0, 0.05) is 28.5 Å². The third-order valence-corrected chi connectivity index (χ3v) is 5.07. The molecule has 6 nitrogen and oxygen atoms in total. The van der Waals surface area contributed by atoms with Crippen molar-refractivity contribution in [1.82, 2.24) is 10.2 Å². The average Bonchev–Trinajstić information content (AvgIpc) is 2.61. The van der Waals surface area contributed by atoms with E-state index in [1.165, 1.54) is 11.0 Å². The van der Waals surface area contributed by atoms with Crippen molar-refractivity contribution >= 4 is 33.6 Å². The van der Waals surface area contributed by atoms with E-state index in [0.29, 0.717) is 22.5 Å². The lowest BCUT2D eigenvalue weighted by molar-refractivity contribution is -0.113. The monoisotopic (exact) mass is 429 g/mol. The number of nitrogens with zero attached hydrogens (tertiary/aromatic N) is 1. The zero-order chi connectivity index (χ0) is 19.7. The number of hydrogen-bond acceptors (Lipinski definition) is 3. The Hall–Kier alpha value is -2.80. The van der Waals surface area contributed by atoms with Gasteiger partial charge in [-0.15, -0.1) is 0 Å². The molecule has 0 fully saturated rings. The maximum Gasteiger partial charge on any atom is 0.322 e. The van der Waals surface area contributed by atoms with Gasteiger partial charge in [0.05, 0.1) is 11.6 Å². The van der Waals surface area contributed by atoms with E-state index in [9.17, 15) is 14.7 Å². The van der Waals surface area contributed by atoms with E-state index in [1.54, 1.807) is 32.2 Å². The maximum absolute atomic E-state index is 13.1. The van der Waals surface area contributed by atoms with Crippen LogP contribution in [-0.4, -0.2) is 29.0 Å². The van der Waals surface area contributed by atoms with Crippen LogP contribution >= 0.6 is 15.9 Å². The molecule has 0 aromatic heterocycles. The molecule has 1 heterocycles. The van der Waals surface area contributed by atoms with Gasteiger partial charge in [-0.1, -0.05) is 28.1 Å². The van der Waals surface area contributed by atoms with E-state index in [-0.39, 0.29) is 17.7 Å². The van der Waals surface area contributed by atoms with Crippen LogP contribution in [0.3, 0.4) is 0 Å². The minimum absolute atomic E-state index is 0.00158. The molecule has 3 rings (SSSR count). The van der Waals surface area contributed by atoms with Gasteiger partial charge in [-0.3, -0.25) is 4.79 Å². The van der Waals surface area contributed by atoms with Crippen molar-refractivity contribution in [3.63, 3.8) is 0 Å². The number of halogens is 1. The lowest BCUT2D eigenvalue weighted by Crippen LogP contribution is -2.46. The molecule has 0 aliphatic carbocycles. The molecular weight excluding hydrogens is 410 g/mol. The number of phenols is 1. The van der Waals surface area contributed by atoms with Crippen LogP contribution in [0, 0.1) is 6.92 Å². The van der Waals surface area contributed by atoms with Gasteiger partial charge in [0.15, 0.2) is 0 Å². The van der Waals surface area contributed by atoms with Crippen LogP contribution in [0.2, 0.25) is 0 Å². The molecule has 0 saturated carbocycles. The summed E-state index contributed by atoms with van der Waals surface area (Å²) in [5.41, 5.74) is 3.02. The number of allylic oxidation sites excluding steroid dienone is 1. The molecule has 1 unspecified atom stereocenters. The minimum Gasteiger partial charge on any atom is -0.508 e. The van der Waals surface area contributed by atoms with Gasteiger partial charge in [-0.25, -0.2) is 4.79 Å². The number of nitrogens with one attached hydrogen (secondary N) is 2. The fourth-order valence-corrected chi connectivity index (χ4v) is 3.42. The Bertz CT molecular complexity index is 955. The predicted molar refractivity (Wildman–Crippen MR) is 107 cm³/mol. The lowest BCUT2D eigenvalue weighted by Gasteiger charge is -2.34. The largest absolute Gasteiger partial charge is 0.508 e. The van der Waals surface area contributed by atoms with Crippen LogP contribution in [-0.2, 0) is 4.79 Å². The third kappa shape index (κ3) is 3.83. The maximum atomic E-state index is 13.1. The molecule has 2 aromatic carbocycles. The van der Waals surface area contributed by atoms with E-state index in [0.717, 1.165) is 10.0 Å².